The van der Waals surface area contributed by atoms with Crippen molar-refractivity contribution >= 4 is 0 Å². The van der Waals surface area contributed by atoms with E-state index in [-0.39, 0.29) is 6.42 Å². The first-order valence-corrected chi connectivity index (χ1v) is 4.67. The Balaban J connectivity index is 2.89. The zero-order valence-electron chi connectivity index (χ0n) is 8.01. The van der Waals surface area contributed by atoms with Crippen molar-refractivity contribution in [3.8, 4) is 0 Å². The van der Waals surface area contributed by atoms with E-state index in [0.717, 1.165) is 0 Å². The van der Waals surface area contributed by atoms with Crippen LogP contribution in [0.5, 0.6) is 0 Å². The van der Waals surface area contributed by atoms with Gasteiger partial charge in [-0.1, -0.05) is 43.7 Å². The first-order valence-electron chi connectivity index (χ1n) is 4.67. The van der Waals surface area contributed by atoms with E-state index >= 15 is 0 Å². The van der Waals surface area contributed by atoms with Gasteiger partial charge in [-0.2, -0.15) is 13.2 Å². The van der Waals surface area contributed by atoms with Crippen LogP contribution in [0.2, 0.25) is 0 Å². The summed E-state index contributed by atoms with van der Waals surface area (Å²) in [6.07, 6.45) is -3.43. The summed E-state index contributed by atoms with van der Waals surface area (Å²) >= 11 is 0. The molecule has 0 bridgehead atoms. The molecule has 0 spiro atoms. The first kappa shape index (κ1) is 11.1. The van der Waals surface area contributed by atoms with Crippen LogP contribution in [-0.2, 0) is 0 Å². The fraction of sp³-hybridized carbons (Fsp3) is 0.455. The molecule has 0 heterocycles. The molecule has 0 fully saturated rings. The number of hydrogen-bond donors (Lipinski definition) is 0. The van der Waals surface area contributed by atoms with Gasteiger partial charge in [0.15, 0.2) is 0 Å². The van der Waals surface area contributed by atoms with Crippen LogP contribution >= 0.6 is 0 Å². The van der Waals surface area contributed by atoms with Gasteiger partial charge in [-0.15, -0.1) is 0 Å². The van der Waals surface area contributed by atoms with E-state index in [1.165, 1.54) is 12.1 Å². The minimum absolute atomic E-state index is 0.160. The van der Waals surface area contributed by atoms with E-state index in [2.05, 4.69) is 0 Å². The average Bonchev–Trinajstić information content (AvgIpc) is 2.14. The zero-order valence-corrected chi connectivity index (χ0v) is 8.01. The van der Waals surface area contributed by atoms with Crippen LogP contribution in [0.15, 0.2) is 30.3 Å². The lowest BCUT2D eigenvalue weighted by Crippen LogP contribution is -2.20. The summed E-state index contributed by atoms with van der Waals surface area (Å²) in [5.74, 6) is -1.31. The van der Waals surface area contributed by atoms with Crippen molar-refractivity contribution in [2.24, 2.45) is 0 Å². The van der Waals surface area contributed by atoms with Gasteiger partial charge in [0, 0.05) is 0 Å². The largest absolute Gasteiger partial charge is 0.395 e. The number of halogens is 3. The topological polar surface area (TPSA) is 0 Å². The Morgan fingerprint density at radius 1 is 1.14 bits per heavy atom. The van der Waals surface area contributed by atoms with Crippen LogP contribution in [0.25, 0.3) is 0 Å². The molecule has 78 valence electrons. The predicted octanol–water partition coefficient (Wildman–Crippen LogP) is 4.13. The SMILES string of the molecule is CCCC(c1ccccc1)C(F)(F)F. The Labute approximate surface area is 81.8 Å². The molecule has 0 amide bonds. The second kappa shape index (κ2) is 4.49. The van der Waals surface area contributed by atoms with Crippen LogP contribution in [0.3, 0.4) is 0 Å². The minimum atomic E-state index is -4.13. The smallest absolute Gasteiger partial charge is 0.170 e. The van der Waals surface area contributed by atoms with E-state index in [4.69, 9.17) is 0 Å². The fourth-order valence-corrected chi connectivity index (χ4v) is 1.49. The van der Waals surface area contributed by atoms with E-state index in [1.54, 1.807) is 25.1 Å². The maximum Gasteiger partial charge on any atom is 0.395 e. The number of hydrogen-bond acceptors (Lipinski definition) is 0. The summed E-state index contributed by atoms with van der Waals surface area (Å²) in [6.45, 7) is 1.77. The molecule has 0 nitrogen and oxygen atoms in total. The average molecular weight is 202 g/mol. The molecule has 1 aromatic rings. The van der Waals surface area contributed by atoms with Crippen molar-refractivity contribution in [3.05, 3.63) is 35.9 Å². The van der Waals surface area contributed by atoms with Crippen molar-refractivity contribution in [1.29, 1.82) is 0 Å². The van der Waals surface area contributed by atoms with E-state index in [0.29, 0.717) is 12.0 Å². The molecule has 0 N–H and O–H groups in total. The van der Waals surface area contributed by atoms with Crippen LogP contribution in [0.1, 0.15) is 31.2 Å². The number of rotatable bonds is 3. The highest BCUT2D eigenvalue weighted by Gasteiger charge is 2.39. The molecule has 14 heavy (non-hydrogen) atoms. The number of alkyl halides is 3. The molecule has 0 aliphatic carbocycles. The van der Waals surface area contributed by atoms with Crippen LogP contribution in [0, 0.1) is 0 Å². The third kappa shape index (κ3) is 2.76. The maximum atomic E-state index is 12.6. The van der Waals surface area contributed by atoms with Gasteiger partial charge in [-0.05, 0) is 12.0 Å². The van der Waals surface area contributed by atoms with Crippen molar-refractivity contribution in [2.45, 2.75) is 31.9 Å². The Morgan fingerprint density at radius 3 is 2.14 bits per heavy atom. The highest BCUT2D eigenvalue weighted by Crippen LogP contribution is 2.37. The summed E-state index contributed by atoms with van der Waals surface area (Å²) in [6, 6.07) is 8.08. The highest BCUT2D eigenvalue weighted by atomic mass is 19.4. The number of benzene rings is 1. The lowest BCUT2D eigenvalue weighted by Gasteiger charge is -2.19. The van der Waals surface area contributed by atoms with Gasteiger partial charge < -0.3 is 0 Å². The maximum absolute atomic E-state index is 12.6. The standard InChI is InChI=1S/C11H13F3/c1-2-6-10(11(12,13)14)9-7-4-3-5-8-9/h3-5,7-8,10H,2,6H2,1H3. The fourth-order valence-electron chi connectivity index (χ4n) is 1.49. The summed E-state index contributed by atoms with van der Waals surface area (Å²) in [7, 11) is 0. The molecule has 0 aliphatic heterocycles. The predicted molar refractivity (Wildman–Crippen MR) is 50.1 cm³/mol. The van der Waals surface area contributed by atoms with Crippen LogP contribution in [0.4, 0.5) is 13.2 Å². The molecule has 0 aromatic heterocycles. The molecule has 1 rings (SSSR count). The third-order valence-corrected chi connectivity index (χ3v) is 2.17. The molecule has 0 aliphatic rings. The van der Waals surface area contributed by atoms with Crippen molar-refractivity contribution in [3.63, 3.8) is 0 Å². The highest BCUT2D eigenvalue weighted by molar-refractivity contribution is 5.20. The van der Waals surface area contributed by atoms with E-state index in [1.807, 2.05) is 0 Å². The van der Waals surface area contributed by atoms with E-state index in [9.17, 15) is 13.2 Å². The Kier molecular flexibility index (Phi) is 3.55. The molecule has 0 saturated heterocycles. The summed E-state index contributed by atoms with van der Waals surface area (Å²) in [5.41, 5.74) is 0.363. The van der Waals surface area contributed by atoms with Gasteiger partial charge in [0.05, 0.1) is 5.92 Å². The van der Waals surface area contributed by atoms with Gasteiger partial charge in [-0.3, -0.25) is 0 Å². The van der Waals surface area contributed by atoms with Gasteiger partial charge in [0.25, 0.3) is 0 Å². The van der Waals surface area contributed by atoms with Crippen molar-refractivity contribution in [1.82, 2.24) is 0 Å². The molecule has 0 saturated carbocycles. The third-order valence-electron chi connectivity index (χ3n) is 2.17. The van der Waals surface area contributed by atoms with Crippen molar-refractivity contribution in [2.75, 3.05) is 0 Å². The quantitative estimate of drug-likeness (QED) is 0.691. The molecular formula is C11H13F3. The lowest BCUT2D eigenvalue weighted by atomic mass is 9.94. The van der Waals surface area contributed by atoms with Crippen LogP contribution in [-0.4, -0.2) is 6.18 Å². The Hall–Kier alpha value is -0.990. The Bertz CT molecular complexity index is 264. The first-order chi connectivity index (χ1) is 6.55. The molecule has 0 radical (unpaired) electrons. The van der Waals surface area contributed by atoms with Crippen LogP contribution < -0.4 is 0 Å². The monoisotopic (exact) mass is 202 g/mol. The van der Waals surface area contributed by atoms with Gasteiger partial charge in [-0.25, -0.2) is 0 Å². The molecular weight excluding hydrogens is 189 g/mol. The lowest BCUT2D eigenvalue weighted by molar-refractivity contribution is -0.152. The van der Waals surface area contributed by atoms with Gasteiger partial charge >= 0.3 is 6.18 Å². The molecule has 1 atom stereocenters. The normalized spacial score (nSPS) is 14.0. The second-order valence-electron chi connectivity index (χ2n) is 3.29. The summed E-state index contributed by atoms with van der Waals surface area (Å²) < 4.78 is 37.8. The molecule has 1 aromatic carbocycles. The zero-order chi connectivity index (χ0) is 10.6. The Morgan fingerprint density at radius 2 is 1.71 bits per heavy atom. The van der Waals surface area contributed by atoms with Crippen molar-refractivity contribution < 1.29 is 13.2 Å². The summed E-state index contributed by atoms with van der Waals surface area (Å²) in [5, 5.41) is 0. The second-order valence-corrected chi connectivity index (χ2v) is 3.29. The molecule has 3 heteroatoms. The molecule has 1 unspecified atom stereocenters. The minimum Gasteiger partial charge on any atom is -0.170 e. The summed E-state index contributed by atoms with van der Waals surface area (Å²) in [4.78, 5) is 0. The van der Waals surface area contributed by atoms with E-state index < -0.39 is 12.1 Å². The van der Waals surface area contributed by atoms with Gasteiger partial charge in [0.2, 0.25) is 0 Å². The van der Waals surface area contributed by atoms with Gasteiger partial charge in [0.1, 0.15) is 0 Å².